The predicted octanol–water partition coefficient (Wildman–Crippen LogP) is 3.32. The van der Waals surface area contributed by atoms with Crippen LogP contribution in [0.15, 0.2) is 48.5 Å². The van der Waals surface area contributed by atoms with Gasteiger partial charge in [-0.15, -0.1) is 0 Å². The number of hydrazine groups is 1. The first-order valence-electron chi connectivity index (χ1n) is 7.92. The summed E-state index contributed by atoms with van der Waals surface area (Å²) in [5.41, 5.74) is 7.21. The maximum atomic E-state index is 14.1. The zero-order valence-electron chi connectivity index (χ0n) is 13.7. The molecule has 0 radical (unpaired) electrons. The van der Waals surface area contributed by atoms with Crippen molar-refractivity contribution in [2.45, 2.75) is 19.7 Å². The molecule has 7 heteroatoms. The van der Waals surface area contributed by atoms with Gasteiger partial charge in [0.05, 0.1) is 11.4 Å². The highest BCUT2D eigenvalue weighted by Gasteiger charge is 2.36. The lowest BCUT2D eigenvalue weighted by molar-refractivity contribution is -0.122. The fraction of sp³-hybridized carbons (Fsp3) is 0.222. The van der Waals surface area contributed by atoms with Crippen molar-refractivity contribution in [3.05, 3.63) is 59.7 Å². The van der Waals surface area contributed by atoms with E-state index in [0.29, 0.717) is 17.9 Å². The van der Waals surface area contributed by atoms with E-state index in [-0.39, 0.29) is 12.2 Å². The van der Waals surface area contributed by atoms with Gasteiger partial charge in [0.2, 0.25) is 6.17 Å². The fourth-order valence-electron chi connectivity index (χ4n) is 2.68. The van der Waals surface area contributed by atoms with Crippen LogP contribution < -0.4 is 15.8 Å². The molecule has 130 valence electrons. The molecule has 1 aliphatic rings. The summed E-state index contributed by atoms with van der Waals surface area (Å²) in [6.45, 7) is 2.34. The van der Waals surface area contributed by atoms with Gasteiger partial charge in [0.15, 0.2) is 0 Å². The molecule has 2 aromatic carbocycles. The van der Waals surface area contributed by atoms with Gasteiger partial charge in [0.1, 0.15) is 6.61 Å². The number of ether oxygens (including phenoxy) is 1. The number of likely N-dealkylation sites (N-methyl/N-ethyl adjacent to an activating group) is 1. The van der Waals surface area contributed by atoms with Crippen LogP contribution in [-0.2, 0) is 16.1 Å². The lowest BCUT2D eigenvalue weighted by Gasteiger charge is -2.14. The number of hydrogen-bond acceptors (Lipinski definition) is 4. The van der Waals surface area contributed by atoms with Gasteiger partial charge in [0.25, 0.3) is 5.91 Å². The molecular formula is C18H18FN3O3. The highest BCUT2D eigenvalue weighted by atomic mass is 19.1. The van der Waals surface area contributed by atoms with E-state index in [1.54, 1.807) is 19.1 Å². The standard InChI is InChI=1S/C18H18FN3O3/c1-2-22-15-9-8-13(10-14(15)16(19)17(22)23)20-21-18(24)25-11-12-6-4-3-5-7-12/h3-10,16,20H,2,11H2,1H3,(H,21,24). The molecule has 2 aromatic rings. The Morgan fingerprint density at radius 3 is 2.72 bits per heavy atom. The molecule has 2 amide bonds. The number of hydrogen-bond donors (Lipinski definition) is 2. The number of fused-ring (bicyclic) bond motifs is 1. The maximum Gasteiger partial charge on any atom is 0.426 e. The molecule has 1 atom stereocenters. The second-order valence-corrected chi connectivity index (χ2v) is 5.53. The number of nitrogens with zero attached hydrogens (tertiary/aromatic N) is 1. The summed E-state index contributed by atoms with van der Waals surface area (Å²) in [6, 6.07) is 14.1. The van der Waals surface area contributed by atoms with Crippen molar-refractivity contribution >= 4 is 23.4 Å². The Hall–Kier alpha value is -3.09. The predicted molar refractivity (Wildman–Crippen MR) is 91.7 cm³/mol. The van der Waals surface area contributed by atoms with E-state index in [4.69, 9.17) is 4.74 Å². The minimum absolute atomic E-state index is 0.144. The van der Waals surface area contributed by atoms with Crippen LogP contribution in [0.4, 0.5) is 20.6 Å². The van der Waals surface area contributed by atoms with Crippen LogP contribution in [0.25, 0.3) is 0 Å². The second kappa shape index (κ2) is 7.21. The van der Waals surface area contributed by atoms with Gasteiger partial charge in [-0.3, -0.25) is 10.2 Å². The fourth-order valence-corrected chi connectivity index (χ4v) is 2.68. The molecule has 0 fully saturated rings. The van der Waals surface area contributed by atoms with E-state index in [9.17, 15) is 14.0 Å². The average molecular weight is 343 g/mol. The number of alkyl halides is 1. The molecule has 1 heterocycles. The highest BCUT2D eigenvalue weighted by Crippen LogP contribution is 2.39. The third kappa shape index (κ3) is 3.55. The molecule has 1 unspecified atom stereocenters. The third-order valence-corrected chi connectivity index (χ3v) is 3.91. The zero-order valence-corrected chi connectivity index (χ0v) is 13.7. The number of amides is 2. The molecule has 3 rings (SSSR count). The van der Waals surface area contributed by atoms with Crippen molar-refractivity contribution in [3.8, 4) is 0 Å². The number of nitrogens with one attached hydrogen (secondary N) is 2. The van der Waals surface area contributed by atoms with E-state index < -0.39 is 18.2 Å². The minimum Gasteiger partial charge on any atom is -0.443 e. The van der Waals surface area contributed by atoms with E-state index in [1.165, 1.54) is 11.0 Å². The van der Waals surface area contributed by atoms with Crippen LogP contribution in [0.1, 0.15) is 24.2 Å². The van der Waals surface area contributed by atoms with Gasteiger partial charge < -0.3 is 9.64 Å². The van der Waals surface area contributed by atoms with Crippen molar-refractivity contribution < 1.29 is 18.7 Å². The van der Waals surface area contributed by atoms with Crippen LogP contribution in [0.2, 0.25) is 0 Å². The van der Waals surface area contributed by atoms with Crippen LogP contribution >= 0.6 is 0 Å². The van der Waals surface area contributed by atoms with E-state index in [2.05, 4.69) is 10.9 Å². The van der Waals surface area contributed by atoms with Crippen LogP contribution in [0, 0.1) is 0 Å². The molecule has 0 saturated carbocycles. The monoisotopic (exact) mass is 343 g/mol. The lowest BCUT2D eigenvalue weighted by Crippen LogP contribution is -2.29. The number of carbonyl (C=O) groups is 2. The number of carbonyl (C=O) groups excluding carboxylic acids is 2. The smallest absolute Gasteiger partial charge is 0.426 e. The summed E-state index contributed by atoms with van der Waals surface area (Å²) in [6.07, 6.45) is -2.34. The third-order valence-electron chi connectivity index (χ3n) is 3.91. The molecule has 1 aliphatic heterocycles. The molecule has 6 nitrogen and oxygen atoms in total. The summed E-state index contributed by atoms with van der Waals surface area (Å²) in [5, 5.41) is 0. The summed E-state index contributed by atoms with van der Waals surface area (Å²) >= 11 is 0. The zero-order chi connectivity index (χ0) is 17.8. The lowest BCUT2D eigenvalue weighted by atomic mass is 10.1. The van der Waals surface area contributed by atoms with Gasteiger partial charge in [-0.2, -0.15) is 0 Å². The van der Waals surface area contributed by atoms with Gasteiger partial charge in [0, 0.05) is 12.1 Å². The first kappa shape index (κ1) is 16.8. The van der Waals surface area contributed by atoms with Crippen molar-refractivity contribution in [1.82, 2.24) is 5.43 Å². The molecule has 0 bridgehead atoms. The van der Waals surface area contributed by atoms with Gasteiger partial charge in [-0.1, -0.05) is 30.3 Å². The van der Waals surface area contributed by atoms with E-state index in [0.717, 1.165) is 5.56 Å². The normalized spacial score (nSPS) is 15.7. The molecule has 2 N–H and O–H groups in total. The average Bonchev–Trinajstić information content (AvgIpc) is 2.89. The number of benzene rings is 2. The molecular weight excluding hydrogens is 325 g/mol. The van der Waals surface area contributed by atoms with Gasteiger partial charge in [-0.05, 0) is 30.7 Å². The Bertz CT molecular complexity index is 782. The number of halogens is 1. The number of rotatable bonds is 5. The largest absolute Gasteiger partial charge is 0.443 e. The first-order chi connectivity index (χ1) is 12.1. The Kier molecular flexibility index (Phi) is 4.83. The molecule has 0 saturated heterocycles. The van der Waals surface area contributed by atoms with Crippen LogP contribution in [-0.4, -0.2) is 18.5 Å². The SMILES string of the molecule is CCN1C(=O)C(F)c2cc(NNC(=O)OCc3ccccc3)ccc21. The van der Waals surface area contributed by atoms with Crippen LogP contribution in [0.5, 0.6) is 0 Å². The van der Waals surface area contributed by atoms with Crippen molar-refractivity contribution in [1.29, 1.82) is 0 Å². The Morgan fingerprint density at radius 1 is 1.24 bits per heavy atom. The second-order valence-electron chi connectivity index (χ2n) is 5.53. The molecule has 25 heavy (non-hydrogen) atoms. The summed E-state index contributed by atoms with van der Waals surface area (Å²) in [7, 11) is 0. The van der Waals surface area contributed by atoms with Gasteiger partial charge in [-0.25, -0.2) is 14.6 Å². The van der Waals surface area contributed by atoms with Crippen molar-refractivity contribution in [2.75, 3.05) is 16.9 Å². The summed E-state index contributed by atoms with van der Waals surface area (Å²) < 4.78 is 19.2. The Morgan fingerprint density at radius 2 is 2.00 bits per heavy atom. The summed E-state index contributed by atoms with van der Waals surface area (Å²) in [4.78, 5) is 24.9. The van der Waals surface area contributed by atoms with Crippen LogP contribution in [0.3, 0.4) is 0 Å². The molecule has 0 aliphatic carbocycles. The topological polar surface area (TPSA) is 70.7 Å². The Balaban J connectivity index is 1.57. The Labute approximate surface area is 144 Å². The van der Waals surface area contributed by atoms with E-state index in [1.807, 2.05) is 30.3 Å². The first-order valence-corrected chi connectivity index (χ1v) is 7.92. The highest BCUT2D eigenvalue weighted by molar-refractivity contribution is 6.04. The molecule has 0 spiro atoms. The quantitative estimate of drug-likeness (QED) is 0.817. The van der Waals surface area contributed by atoms with Gasteiger partial charge >= 0.3 is 6.09 Å². The summed E-state index contributed by atoms with van der Waals surface area (Å²) in [5.74, 6) is -0.565. The van der Waals surface area contributed by atoms with E-state index >= 15 is 0 Å². The van der Waals surface area contributed by atoms with Crippen molar-refractivity contribution in [3.63, 3.8) is 0 Å². The van der Waals surface area contributed by atoms with Crippen molar-refractivity contribution in [2.24, 2.45) is 0 Å². The maximum absolute atomic E-state index is 14.1. The minimum atomic E-state index is -1.68. The number of anilines is 2. The molecule has 0 aromatic heterocycles.